The largest absolute Gasteiger partial charge is 0.463 e. The summed E-state index contributed by atoms with van der Waals surface area (Å²) < 4.78 is 90.9. The van der Waals surface area contributed by atoms with Crippen molar-refractivity contribution in [1.29, 1.82) is 0 Å². The quantitative estimate of drug-likeness (QED) is 0.0235. The van der Waals surface area contributed by atoms with Gasteiger partial charge in [-0.3, -0.25) is 86.3 Å². The van der Waals surface area contributed by atoms with Gasteiger partial charge in [-0.2, -0.15) is 0 Å². The van der Waals surface area contributed by atoms with Crippen molar-refractivity contribution in [2.45, 2.75) is 400 Å². The number of ketones is 1. The topological polar surface area (TPSA) is 522 Å². The Hall–Kier alpha value is -9.58. The summed E-state index contributed by atoms with van der Waals surface area (Å²) in [5.74, 6) is -9.29. The lowest BCUT2D eigenvalue weighted by Gasteiger charge is -2.44. The average Bonchev–Trinajstić information content (AvgIpc) is 0.795. The Kier molecular flexibility index (Phi) is 59.7. The molecule has 7 amide bonds. The van der Waals surface area contributed by atoms with Crippen LogP contribution in [0, 0.1) is 0 Å². The molecule has 3 aliphatic rings. The highest BCUT2D eigenvalue weighted by Gasteiger charge is 2.55. The van der Waals surface area contributed by atoms with Crippen molar-refractivity contribution in [2.24, 2.45) is 0 Å². The van der Waals surface area contributed by atoms with Crippen LogP contribution in [-0.2, 0) is 162 Å². The van der Waals surface area contributed by atoms with Crippen molar-refractivity contribution in [1.82, 2.24) is 36.4 Å². The molecule has 7 unspecified atom stereocenters. The van der Waals surface area contributed by atoms with Gasteiger partial charge in [0.1, 0.15) is 62.0 Å². The fourth-order valence-electron chi connectivity index (χ4n) is 15.5. The molecule has 41 nitrogen and oxygen atoms in total. The molecule has 0 radical (unpaired) electrons. The van der Waals surface area contributed by atoms with Crippen LogP contribution in [-0.4, -0.2) is 294 Å². The van der Waals surface area contributed by atoms with Crippen molar-refractivity contribution in [3.05, 3.63) is 0 Å². The van der Waals surface area contributed by atoms with Gasteiger partial charge in [-0.1, -0.05) is 110 Å². The zero-order chi connectivity index (χ0) is 98.7. The Morgan fingerprint density at radius 3 is 0.895 bits per heavy atom. The minimum atomic E-state index is -1.26. The number of esters is 10. The second-order valence-corrected chi connectivity index (χ2v) is 33.5. The maximum absolute atomic E-state index is 14.4. The molecule has 0 bridgehead atoms. The van der Waals surface area contributed by atoms with E-state index in [-0.39, 0.29) is 121 Å². The van der Waals surface area contributed by atoms with Crippen LogP contribution >= 0.6 is 0 Å². The molecule has 16 atom stereocenters. The standard InChI is InChI=1S/C92H151N7O34/c1-15-71(112)45-46-79(116)130-72(16-2)89(117)99(52-41-48-94-77(114)43-33-27-21-18-24-30-38-54-119-91-81(96-60(4)101)87(128-69(13)110)84(125-66(10)107)74(132-91)57-122-63(7)104)50-36-35-49-98(78(115)44-34-28-22-19-25-31-39-55-120-92-82(97-61(5)102)88(129-70(14)111)85(126-67(11)108)75(133-92)58-123-64(8)105)51-40-47-93-76(113)42-32-26-20-17-23-29-37-53-118-90-80(95-59(3)100)86(127-68(12)109)83(124-65(9)106)73(131-90)56-121-62(6)103/h72-75,80-88,90-92H,15-58H2,1-14H3,(H,93,113)(H,94,114)(H,95,100)(H,96,101)(H,97,102)/t72?,73?,74?,75?,80?,81?,82?,83-,84-,85-,86+,87+,88+,90+,91+,92+/m0/s1. The van der Waals surface area contributed by atoms with Gasteiger partial charge in [-0.05, 0) is 70.6 Å². The molecule has 0 aromatic rings. The van der Waals surface area contributed by atoms with Crippen LogP contribution in [0.5, 0.6) is 0 Å². The number of amides is 7. The van der Waals surface area contributed by atoms with E-state index in [1.54, 1.807) is 23.6 Å². The third-order valence-electron chi connectivity index (χ3n) is 21.7. The van der Waals surface area contributed by atoms with E-state index in [9.17, 15) is 86.3 Å². The van der Waals surface area contributed by atoms with E-state index in [1.165, 1.54) is 41.5 Å². The van der Waals surface area contributed by atoms with E-state index in [0.717, 1.165) is 138 Å². The smallest absolute Gasteiger partial charge is 0.307 e. The predicted octanol–water partition coefficient (Wildman–Crippen LogP) is 6.90. The summed E-state index contributed by atoms with van der Waals surface area (Å²) in [6.45, 7) is 18.9. The van der Waals surface area contributed by atoms with E-state index in [0.29, 0.717) is 90.3 Å². The second kappa shape index (κ2) is 67.6. The number of hydrogen-bond donors (Lipinski definition) is 5. The molecule has 0 aromatic heterocycles. The molecule has 5 N–H and O–H groups in total. The van der Waals surface area contributed by atoms with Crippen molar-refractivity contribution in [3.8, 4) is 0 Å². The van der Waals surface area contributed by atoms with E-state index in [4.69, 9.17) is 75.8 Å². The van der Waals surface area contributed by atoms with Crippen LogP contribution < -0.4 is 26.6 Å². The zero-order valence-electron chi connectivity index (χ0n) is 80.6. The van der Waals surface area contributed by atoms with Gasteiger partial charge in [0.25, 0.3) is 5.91 Å². The lowest BCUT2D eigenvalue weighted by Crippen LogP contribution is -2.66. The molecular formula is C92H151N7O34. The highest BCUT2D eigenvalue weighted by molar-refractivity contribution is 5.86. The maximum atomic E-state index is 14.4. The van der Waals surface area contributed by atoms with E-state index in [1.807, 2.05) is 0 Å². The summed E-state index contributed by atoms with van der Waals surface area (Å²) >= 11 is 0. The third-order valence-corrected chi connectivity index (χ3v) is 21.7. The molecule has 758 valence electrons. The first-order valence-electron chi connectivity index (χ1n) is 47.2. The SMILES string of the molecule is CCC(=O)CCC(=O)OC(CC)C(=O)N(CCCCN(CCCNC(=O)CCCCCCCCCO[C@@H]1OC(COC(C)=O)[C@H](OC(C)=O)[C@H](OC(C)=O)C1NC(C)=O)C(=O)CCCCCCCCCO[C@@H]1OC(COC(C)=O)[C@H](OC(C)=O)[C@H](OC(C)=O)C1NC(C)=O)CCCNC(=O)CCCCCCCCCO[C@@H]1OC(COC(C)=O)[C@H](OC(C)=O)[C@H](OC(C)=O)C1NC(C)=O. The van der Waals surface area contributed by atoms with Crippen LogP contribution in [0.15, 0.2) is 0 Å². The van der Waals surface area contributed by atoms with Crippen LogP contribution in [0.2, 0.25) is 0 Å². The number of unbranched alkanes of at least 4 members (excludes halogenated alkanes) is 19. The molecule has 0 aromatic carbocycles. The summed E-state index contributed by atoms with van der Waals surface area (Å²) in [7, 11) is 0. The Morgan fingerprint density at radius 1 is 0.308 bits per heavy atom. The molecule has 0 aliphatic carbocycles. The number of nitrogens with one attached hydrogen (secondary N) is 5. The molecule has 3 aliphatic heterocycles. The lowest BCUT2D eigenvalue weighted by atomic mass is 9.96. The van der Waals surface area contributed by atoms with Gasteiger partial charge in [0, 0.05) is 174 Å². The van der Waals surface area contributed by atoms with Gasteiger partial charge in [0.2, 0.25) is 35.4 Å². The fourth-order valence-corrected chi connectivity index (χ4v) is 15.5. The molecule has 0 spiro atoms. The number of rotatable bonds is 68. The van der Waals surface area contributed by atoms with Crippen molar-refractivity contribution < 1.29 is 162 Å². The molecular weight excluding hydrogens is 1750 g/mol. The number of carbonyl (C=O) groups excluding carboxylic acids is 18. The normalized spacial score (nSPS) is 21.6. The second-order valence-electron chi connectivity index (χ2n) is 33.5. The Labute approximate surface area is 781 Å². The van der Waals surface area contributed by atoms with Crippen LogP contribution in [0.4, 0.5) is 0 Å². The van der Waals surface area contributed by atoms with Crippen molar-refractivity contribution in [2.75, 3.05) is 78.9 Å². The molecule has 0 saturated carbocycles. The minimum absolute atomic E-state index is 0.0228. The Balaban J connectivity index is 1.63. The van der Waals surface area contributed by atoms with Crippen molar-refractivity contribution in [3.63, 3.8) is 0 Å². The van der Waals surface area contributed by atoms with Crippen LogP contribution in [0.3, 0.4) is 0 Å². The summed E-state index contributed by atoms with van der Waals surface area (Å²) in [5.41, 5.74) is 0. The van der Waals surface area contributed by atoms with Crippen LogP contribution in [0.1, 0.15) is 302 Å². The summed E-state index contributed by atoms with van der Waals surface area (Å²) in [5, 5.41) is 14.0. The highest BCUT2D eigenvalue weighted by Crippen LogP contribution is 2.33. The highest BCUT2D eigenvalue weighted by atomic mass is 16.7. The fraction of sp³-hybridized carbons (Fsp3) is 0.804. The van der Waals surface area contributed by atoms with Gasteiger partial charge in [-0.25, -0.2) is 0 Å². The molecule has 3 saturated heterocycles. The summed E-state index contributed by atoms with van der Waals surface area (Å²) in [6, 6.07) is -3.24. The third kappa shape index (κ3) is 51.1. The summed E-state index contributed by atoms with van der Waals surface area (Å²) in [4.78, 5) is 229. The molecule has 3 heterocycles. The van der Waals surface area contributed by atoms with Crippen molar-refractivity contribution >= 4 is 107 Å². The van der Waals surface area contributed by atoms with Gasteiger partial charge in [-0.15, -0.1) is 0 Å². The Morgan fingerprint density at radius 2 is 0.594 bits per heavy atom. The number of carbonyl (C=O) groups is 18. The number of nitrogens with zero attached hydrogens (tertiary/aromatic N) is 2. The van der Waals surface area contributed by atoms with Crippen LogP contribution in [0.25, 0.3) is 0 Å². The first-order valence-corrected chi connectivity index (χ1v) is 47.2. The lowest BCUT2D eigenvalue weighted by molar-refractivity contribution is -0.277. The molecule has 3 rings (SSSR count). The zero-order valence-corrected chi connectivity index (χ0v) is 80.6. The predicted molar refractivity (Wildman–Crippen MR) is 473 cm³/mol. The van der Waals surface area contributed by atoms with E-state index < -0.39 is 181 Å². The number of Topliss-reactive ketones (excluding diaryl/α,β-unsaturated/α-hetero) is 1. The molecule has 41 heteroatoms. The van der Waals surface area contributed by atoms with Gasteiger partial charge >= 0.3 is 59.7 Å². The van der Waals surface area contributed by atoms with Gasteiger partial charge in [0.05, 0.1) is 6.42 Å². The molecule has 133 heavy (non-hydrogen) atoms. The molecule has 3 fully saturated rings. The van der Waals surface area contributed by atoms with Gasteiger partial charge in [0.15, 0.2) is 61.6 Å². The minimum Gasteiger partial charge on any atom is -0.463 e. The first kappa shape index (κ1) is 118. The van der Waals surface area contributed by atoms with Gasteiger partial charge < -0.3 is 112 Å². The first-order chi connectivity index (χ1) is 63.3. The van der Waals surface area contributed by atoms with E-state index in [2.05, 4.69) is 26.6 Å². The van der Waals surface area contributed by atoms with E-state index >= 15 is 0 Å². The monoisotopic (exact) mass is 1900 g/mol. The Bertz CT molecular complexity index is 3630. The average molecular weight is 1900 g/mol. The summed E-state index contributed by atoms with van der Waals surface area (Å²) in [6.07, 6.45) is 3.33. The number of ether oxygens (including phenoxy) is 16. The maximum Gasteiger partial charge on any atom is 0.307 e. The number of hydrogen-bond acceptors (Lipinski definition) is 34.